The number of nitrogens with zero attached hydrogens (tertiary/aromatic N) is 3. The molecular formula is C19H18N4O4. The molecule has 0 amide bonds. The molecule has 0 aliphatic heterocycles. The van der Waals surface area contributed by atoms with Crippen LogP contribution < -0.4 is 14.8 Å². The Kier molecular flexibility index (Phi) is 5.46. The molecule has 8 heteroatoms. The summed E-state index contributed by atoms with van der Waals surface area (Å²) >= 11 is 0. The summed E-state index contributed by atoms with van der Waals surface area (Å²) < 4.78 is 10.9. The fourth-order valence-electron chi connectivity index (χ4n) is 2.47. The van der Waals surface area contributed by atoms with Crippen LogP contribution in [0.15, 0.2) is 54.9 Å². The summed E-state index contributed by atoms with van der Waals surface area (Å²) in [6.45, 7) is 2.04. The van der Waals surface area contributed by atoms with Gasteiger partial charge in [-0.1, -0.05) is 31.2 Å². The highest BCUT2D eigenvalue weighted by atomic mass is 16.6. The number of nitrogens with one attached hydrogen (secondary N) is 1. The van der Waals surface area contributed by atoms with Crippen LogP contribution in [0.5, 0.6) is 17.4 Å². The van der Waals surface area contributed by atoms with Crippen molar-refractivity contribution >= 4 is 17.2 Å². The number of para-hydroxylation sites is 2. The number of hydrogen-bond donors (Lipinski definition) is 1. The van der Waals surface area contributed by atoms with Gasteiger partial charge < -0.3 is 14.8 Å². The average molecular weight is 366 g/mol. The molecule has 0 saturated heterocycles. The van der Waals surface area contributed by atoms with Crippen molar-refractivity contribution in [1.82, 2.24) is 9.97 Å². The Labute approximate surface area is 156 Å². The lowest BCUT2D eigenvalue weighted by atomic mass is 10.2. The number of ether oxygens (including phenoxy) is 2. The molecule has 0 aliphatic rings. The van der Waals surface area contributed by atoms with Gasteiger partial charge in [0.15, 0.2) is 0 Å². The van der Waals surface area contributed by atoms with E-state index in [9.17, 15) is 10.1 Å². The van der Waals surface area contributed by atoms with E-state index in [2.05, 4.69) is 15.3 Å². The third-order valence-electron chi connectivity index (χ3n) is 3.88. The van der Waals surface area contributed by atoms with Crippen LogP contribution in [0.1, 0.15) is 12.5 Å². The Morgan fingerprint density at radius 2 is 1.85 bits per heavy atom. The van der Waals surface area contributed by atoms with Crippen LogP contribution >= 0.6 is 0 Å². The maximum absolute atomic E-state index is 11.7. The summed E-state index contributed by atoms with van der Waals surface area (Å²) in [7, 11) is 1.52. The second-order valence-corrected chi connectivity index (χ2v) is 5.56. The molecule has 0 fully saturated rings. The van der Waals surface area contributed by atoms with Crippen LogP contribution in [0.3, 0.4) is 0 Å². The number of benzene rings is 2. The van der Waals surface area contributed by atoms with E-state index in [4.69, 9.17) is 9.47 Å². The van der Waals surface area contributed by atoms with Crippen LogP contribution in [-0.2, 0) is 6.42 Å². The molecule has 0 aliphatic carbocycles. The minimum absolute atomic E-state index is 0.0136. The zero-order valence-electron chi connectivity index (χ0n) is 14.9. The van der Waals surface area contributed by atoms with Gasteiger partial charge in [-0.15, -0.1) is 0 Å². The van der Waals surface area contributed by atoms with Crippen molar-refractivity contribution in [2.45, 2.75) is 13.3 Å². The second-order valence-electron chi connectivity index (χ2n) is 5.56. The van der Waals surface area contributed by atoms with Gasteiger partial charge in [-0.05, 0) is 36.2 Å². The third-order valence-corrected chi connectivity index (χ3v) is 3.88. The molecule has 1 N–H and O–H groups in total. The van der Waals surface area contributed by atoms with E-state index in [0.717, 1.165) is 12.0 Å². The summed E-state index contributed by atoms with van der Waals surface area (Å²) in [5, 5.41) is 14.6. The van der Waals surface area contributed by atoms with Crippen molar-refractivity contribution in [2.75, 3.05) is 12.4 Å². The molecule has 3 rings (SSSR count). The van der Waals surface area contributed by atoms with Crippen LogP contribution in [0.2, 0.25) is 0 Å². The first kappa shape index (κ1) is 18.1. The SMILES string of the molecule is CCc1ccc(Oc2ncnc(Nc3ccccc3OC)c2[N+](=O)[O-])cc1. The highest BCUT2D eigenvalue weighted by molar-refractivity contribution is 5.72. The number of hydrogen-bond acceptors (Lipinski definition) is 7. The lowest BCUT2D eigenvalue weighted by Crippen LogP contribution is -2.04. The molecule has 0 spiro atoms. The Bertz CT molecular complexity index is 945. The number of nitro groups is 1. The van der Waals surface area contributed by atoms with Crippen LogP contribution in [0, 0.1) is 10.1 Å². The molecular weight excluding hydrogens is 348 g/mol. The first-order chi connectivity index (χ1) is 13.1. The van der Waals surface area contributed by atoms with E-state index in [1.165, 1.54) is 13.4 Å². The van der Waals surface area contributed by atoms with Gasteiger partial charge in [0.1, 0.15) is 17.8 Å². The van der Waals surface area contributed by atoms with Gasteiger partial charge in [0.05, 0.1) is 17.7 Å². The first-order valence-electron chi connectivity index (χ1n) is 8.28. The molecule has 0 radical (unpaired) electrons. The monoisotopic (exact) mass is 366 g/mol. The topological polar surface area (TPSA) is 99.4 Å². The first-order valence-corrected chi connectivity index (χ1v) is 8.28. The van der Waals surface area contributed by atoms with E-state index in [0.29, 0.717) is 17.2 Å². The maximum Gasteiger partial charge on any atom is 0.373 e. The fourth-order valence-corrected chi connectivity index (χ4v) is 2.47. The highest BCUT2D eigenvalue weighted by Crippen LogP contribution is 2.37. The number of rotatable bonds is 7. The van der Waals surface area contributed by atoms with E-state index in [-0.39, 0.29) is 17.4 Å². The summed E-state index contributed by atoms with van der Waals surface area (Å²) in [6.07, 6.45) is 2.10. The predicted molar refractivity (Wildman–Crippen MR) is 101 cm³/mol. The minimum atomic E-state index is -0.576. The van der Waals surface area contributed by atoms with Crippen molar-refractivity contribution in [3.63, 3.8) is 0 Å². The van der Waals surface area contributed by atoms with Crippen molar-refractivity contribution < 1.29 is 14.4 Å². The Balaban J connectivity index is 1.95. The molecule has 8 nitrogen and oxygen atoms in total. The number of methoxy groups -OCH3 is 1. The molecule has 27 heavy (non-hydrogen) atoms. The molecule has 0 saturated carbocycles. The largest absolute Gasteiger partial charge is 0.495 e. The zero-order valence-corrected chi connectivity index (χ0v) is 14.9. The molecule has 1 heterocycles. The summed E-state index contributed by atoms with van der Waals surface area (Å²) in [5.74, 6) is 0.858. The fraction of sp³-hybridized carbons (Fsp3) is 0.158. The van der Waals surface area contributed by atoms with Gasteiger partial charge in [0.2, 0.25) is 5.82 Å². The van der Waals surface area contributed by atoms with Gasteiger partial charge in [-0.2, -0.15) is 4.98 Å². The molecule has 0 atom stereocenters. The smallest absolute Gasteiger partial charge is 0.373 e. The van der Waals surface area contributed by atoms with Gasteiger partial charge in [0, 0.05) is 0 Å². The van der Waals surface area contributed by atoms with Crippen molar-refractivity contribution in [3.05, 3.63) is 70.5 Å². The van der Waals surface area contributed by atoms with Crippen LogP contribution in [0.25, 0.3) is 0 Å². The van der Waals surface area contributed by atoms with Gasteiger partial charge in [-0.3, -0.25) is 10.1 Å². The lowest BCUT2D eigenvalue weighted by molar-refractivity contribution is -0.385. The predicted octanol–water partition coefficient (Wildman–Crippen LogP) is 4.49. The summed E-state index contributed by atoms with van der Waals surface area (Å²) in [4.78, 5) is 19.0. The molecule has 0 unspecified atom stereocenters. The van der Waals surface area contributed by atoms with Crippen molar-refractivity contribution in [3.8, 4) is 17.4 Å². The molecule has 138 valence electrons. The quantitative estimate of drug-likeness (QED) is 0.486. The number of anilines is 2. The molecule has 2 aromatic carbocycles. The summed E-state index contributed by atoms with van der Waals surface area (Å²) in [5.41, 5.74) is 1.32. The average Bonchev–Trinajstić information content (AvgIpc) is 2.69. The van der Waals surface area contributed by atoms with Gasteiger partial charge >= 0.3 is 11.6 Å². The number of aryl methyl sites for hydroxylation is 1. The molecule has 0 bridgehead atoms. The zero-order chi connectivity index (χ0) is 19.2. The molecule has 1 aromatic heterocycles. The van der Waals surface area contributed by atoms with E-state index >= 15 is 0 Å². The van der Waals surface area contributed by atoms with E-state index in [1.54, 1.807) is 36.4 Å². The van der Waals surface area contributed by atoms with Crippen LogP contribution in [0.4, 0.5) is 17.2 Å². The normalized spacial score (nSPS) is 10.3. The van der Waals surface area contributed by atoms with E-state index in [1.807, 2.05) is 19.1 Å². The maximum atomic E-state index is 11.7. The standard InChI is InChI=1S/C19H18N4O4/c1-3-13-8-10-14(11-9-13)27-19-17(23(24)25)18(20-12-21-19)22-15-6-4-5-7-16(15)26-2/h4-12H,3H2,1-2H3,(H,20,21,22). The van der Waals surface area contributed by atoms with Gasteiger partial charge in [0.25, 0.3) is 0 Å². The van der Waals surface area contributed by atoms with Crippen molar-refractivity contribution in [2.24, 2.45) is 0 Å². The molecule has 3 aromatic rings. The minimum Gasteiger partial charge on any atom is -0.495 e. The Morgan fingerprint density at radius 1 is 1.11 bits per heavy atom. The van der Waals surface area contributed by atoms with Crippen molar-refractivity contribution in [1.29, 1.82) is 0 Å². The Morgan fingerprint density at radius 3 is 2.52 bits per heavy atom. The lowest BCUT2D eigenvalue weighted by Gasteiger charge is -2.12. The number of aromatic nitrogens is 2. The van der Waals surface area contributed by atoms with Crippen LogP contribution in [-0.4, -0.2) is 22.0 Å². The highest BCUT2D eigenvalue weighted by Gasteiger charge is 2.25. The van der Waals surface area contributed by atoms with Gasteiger partial charge in [-0.25, -0.2) is 4.98 Å². The second kappa shape index (κ2) is 8.13. The summed E-state index contributed by atoms with van der Waals surface area (Å²) in [6, 6.07) is 14.3. The Hall–Kier alpha value is -3.68. The third kappa shape index (κ3) is 4.12. The van der Waals surface area contributed by atoms with E-state index < -0.39 is 4.92 Å².